The van der Waals surface area contributed by atoms with Crippen LogP contribution in [0.3, 0.4) is 0 Å². The molecule has 0 N–H and O–H groups in total. The van der Waals surface area contributed by atoms with Crippen LogP contribution >= 0.6 is 0 Å². The van der Waals surface area contributed by atoms with E-state index in [0.717, 1.165) is 0 Å². The van der Waals surface area contributed by atoms with Crippen molar-refractivity contribution >= 4 is 0 Å². The summed E-state index contributed by atoms with van der Waals surface area (Å²) in [5.41, 5.74) is 0. The second-order valence-electron chi connectivity index (χ2n) is 3.21. The average molecular weight is 189 g/mol. The summed E-state index contributed by atoms with van der Waals surface area (Å²) in [6.45, 7) is 5.07. The van der Waals surface area contributed by atoms with Crippen LogP contribution in [0.2, 0.25) is 0 Å². The van der Waals surface area contributed by atoms with Crippen molar-refractivity contribution in [3.8, 4) is 0 Å². The van der Waals surface area contributed by atoms with Gasteiger partial charge in [0.15, 0.2) is 0 Å². The summed E-state index contributed by atoms with van der Waals surface area (Å²) in [6.07, 6.45) is 1.09. The van der Waals surface area contributed by atoms with Gasteiger partial charge in [0.25, 0.3) is 0 Å². The van der Waals surface area contributed by atoms with Crippen LogP contribution in [0, 0.1) is 0 Å². The summed E-state index contributed by atoms with van der Waals surface area (Å²) in [7, 11) is 0. The minimum Gasteiger partial charge on any atom is -0.310 e. The molecule has 13 heavy (non-hydrogen) atoms. The Morgan fingerprint density at radius 1 is 1.54 bits per heavy atom. The van der Waals surface area contributed by atoms with Crippen molar-refractivity contribution in [2.24, 2.45) is 0 Å². The zero-order valence-corrected chi connectivity index (χ0v) is 7.96. The molecule has 0 aromatic carbocycles. The van der Waals surface area contributed by atoms with Gasteiger partial charge in [-0.3, -0.25) is 0 Å². The lowest BCUT2D eigenvalue weighted by Gasteiger charge is -2.16. The molecule has 0 radical (unpaired) electrons. The lowest BCUT2D eigenvalue weighted by molar-refractivity contribution is -0.0221. The van der Waals surface area contributed by atoms with Crippen molar-refractivity contribution in [2.45, 2.75) is 39.2 Å². The minimum atomic E-state index is -2.87. The Labute approximate surface area is 75.8 Å². The van der Waals surface area contributed by atoms with Gasteiger partial charge in [0.1, 0.15) is 6.33 Å². The lowest BCUT2D eigenvalue weighted by atomic mass is 10.2. The number of hydrogen-bond donors (Lipinski definition) is 0. The third-order valence-corrected chi connectivity index (χ3v) is 1.90. The zero-order valence-electron chi connectivity index (χ0n) is 7.96. The summed E-state index contributed by atoms with van der Waals surface area (Å²) in [5, 5.41) is 6.93. The van der Waals surface area contributed by atoms with Gasteiger partial charge in [-0.15, -0.1) is 10.2 Å². The fraction of sp³-hybridized carbons (Fsp3) is 0.750. The van der Waals surface area contributed by atoms with Gasteiger partial charge < -0.3 is 4.57 Å². The first-order valence-electron chi connectivity index (χ1n) is 4.27. The van der Waals surface area contributed by atoms with E-state index in [-0.39, 0.29) is 18.3 Å². The molecule has 1 rings (SSSR count). The Morgan fingerprint density at radius 2 is 2.15 bits per heavy atom. The molecular weight excluding hydrogens is 176 g/mol. The summed E-state index contributed by atoms with van der Waals surface area (Å²) >= 11 is 0. The second-order valence-corrected chi connectivity index (χ2v) is 3.21. The van der Waals surface area contributed by atoms with E-state index in [4.69, 9.17) is 0 Å². The van der Waals surface area contributed by atoms with Crippen LogP contribution < -0.4 is 0 Å². The van der Waals surface area contributed by atoms with Crippen molar-refractivity contribution < 1.29 is 8.78 Å². The topological polar surface area (TPSA) is 30.7 Å². The van der Waals surface area contributed by atoms with Crippen LogP contribution in [0.25, 0.3) is 0 Å². The summed E-state index contributed by atoms with van der Waals surface area (Å²) < 4.78 is 27.8. The van der Waals surface area contributed by atoms with E-state index in [1.54, 1.807) is 0 Å². The molecule has 1 aromatic rings. The van der Waals surface area contributed by atoms with Crippen LogP contribution in [0.4, 0.5) is 8.78 Å². The average Bonchev–Trinajstić information content (AvgIpc) is 2.52. The quantitative estimate of drug-likeness (QED) is 0.730. The Hall–Kier alpha value is -1.00. The Morgan fingerprint density at radius 3 is 2.62 bits per heavy atom. The van der Waals surface area contributed by atoms with Crippen molar-refractivity contribution in [3.63, 3.8) is 0 Å². The second kappa shape index (κ2) is 3.40. The number of alkyl halides is 2. The normalized spacial score (nSPS) is 12.5. The predicted molar refractivity (Wildman–Crippen MR) is 44.6 cm³/mol. The van der Waals surface area contributed by atoms with Crippen molar-refractivity contribution in [2.75, 3.05) is 0 Å². The molecule has 5 heteroatoms. The van der Waals surface area contributed by atoms with Gasteiger partial charge in [-0.25, -0.2) is 0 Å². The molecule has 0 unspecified atom stereocenters. The van der Waals surface area contributed by atoms with Gasteiger partial charge in [-0.2, -0.15) is 8.78 Å². The molecule has 0 atom stereocenters. The molecule has 0 fully saturated rings. The number of nitrogens with zero attached hydrogens (tertiary/aromatic N) is 3. The van der Waals surface area contributed by atoms with E-state index in [9.17, 15) is 8.78 Å². The molecule has 0 aliphatic carbocycles. The fourth-order valence-corrected chi connectivity index (χ4v) is 1.04. The van der Waals surface area contributed by atoms with Crippen LogP contribution in [0.15, 0.2) is 6.33 Å². The zero-order chi connectivity index (χ0) is 10.1. The Bertz CT molecular complexity index is 281. The van der Waals surface area contributed by atoms with Crippen LogP contribution in [-0.2, 0) is 5.92 Å². The van der Waals surface area contributed by atoms with E-state index in [1.165, 1.54) is 17.8 Å². The largest absolute Gasteiger partial charge is 0.310 e. The monoisotopic (exact) mass is 189 g/mol. The molecule has 74 valence electrons. The molecule has 0 bridgehead atoms. The maximum atomic E-state index is 13.2. The van der Waals surface area contributed by atoms with Gasteiger partial charge in [-0.05, 0) is 13.8 Å². The molecule has 0 saturated carbocycles. The molecule has 0 amide bonds. The van der Waals surface area contributed by atoms with E-state index >= 15 is 0 Å². The lowest BCUT2D eigenvalue weighted by Crippen LogP contribution is -2.20. The molecule has 1 aromatic heterocycles. The first kappa shape index (κ1) is 10.1. The van der Waals surface area contributed by atoms with Crippen LogP contribution in [-0.4, -0.2) is 14.8 Å². The molecule has 0 saturated heterocycles. The molecule has 0 aliphatic rings. The number of aromatic nitrogens is 3. The predicted octanol–water partition coefficient (Wildman–Crippen LogP) is 2.36. The fourth-order valence-electron chi connectivity index (χ4n) is 1.04. The third kappa shape index (κ3) is 1.84. The number of rotatable bonds is 3. The summed E-state index contributed by atoms with van der Waals surface area (Å²) in [5.74, 6) is -3.12. The van der Waals surface area contributed by atoms with Gasteiger partial charge in [0.2, 0.25) is 5.82 Å². The first-order valence-corrected chi connectivity index (χ1v) is 4.27. The SMILES string of the molecule is CCC(F)(F)c1nncn1C(C)C. The maximum absolute atomic E-state index is 13.2. The molecular formula is C8H13F2N3. The number of halogens is 2. The van der Waals surface area contributed by atoms with E-state index in [1.807, 2.05) is 13.8 Å². The number of hydrogen-bond acceptors (Lipinski definition) is 2. The van der Waals surface area contributed by atoms with Gasteiger partial charge in [-0.1, -0.05) is 6.92 Å². The third-order valence-electron chi connectivity index (χ3n) is 1.90. The first-order chi connectivity index (χ1) is 5.99. The van der Waals surface area contributed by atoms with E-state index in [2.05, 4.69) is 10.2 Å². The van der Waals surface area contributed by atoms with Crippen LogP contribution in [0.5, 0.6) is 0 Å². The molecule has 0 aliphatic heterocycles. The van der Waals surface area contributed by atoms with Crippen molar-refractivity contribution in [3.05, 3.63) is 12.2 Å². The summed E-state index contributed by atoms with van der Waals surface area (Å²) in [4.78, 5) is 0. The van der Waals surface area contributed by atoms with E-state index < -0.39 is 5.92 Å². The van der Waals surface area contributed by atoms with Crippen molar-refractivity contribution in [1.82, 2.24) is 14.8 Å². The maximum Gasteiger partial charge on any atom is 0.306 e. The van der Waals surface area contributed by atoms with Gasteiger partial charge in [0, 0.05) is 12.5 Å². The molecule has 1 heterocycles. The molecule has 3 nitrogen and oxygen atoms in total. The highest BCUT2D eigenvalue weighted by atomic mass is 19.3. The highest BCUT2D eigenvalue weighted by Crippen LogP contribution is 2.30. The van der Waals surface area contributed by atoms with Gasteiger partial charge >= 0.3 is 5.92 Å². The van der Waals surface area contributed by atoms with Crippen molar-refractivity contribution in [1.29, 1.82) is 0 Å². The summed E-state index contributed by atoms with van der Waals surface area (Å²) in [6, 6.07) is -0.0394. The minimum absolute atomic E-state index is 0.0394. The highest BCUT2D eigenvalue weighted by molar-refractivity contribution is 4.97. The standard InChI is InChI=1S/C8H13F2N3/c1-4-8(9,10)7-12-11-5-13(7)6(2)3/h5-6H,4H2,1-3H3. The van der Waals surface area contributed by atoms with Crippen LogP contribution in [0.1, 0.15) is 39.1 Å². The smallest absolute Gasteiger partial charge is 0.306 e. The van der Waals surface area contributed by atoms with Gasteiger partial charge in [0.05, 0.1) is 0 Å². The Kier molecular flexibility index (Phi) is 2.63. The Balaban J connectivity index is 3.07. The van der Waals surface area contributed by atoms with E-state index in [0.29, 0.717) is 0 Å². The molecule has 0 spiro atoms. The highest BCUT2D eigenvalue weighted by Gasteiger charge is 2.35.